The molecule has 1 aliphatic rings. The summed E-state index contributed by atoms with van der Waals surface area (Å²) in [7, 11) is 1.64. The average molecular weight is 575 g/mol. The van der Waals surface area contributed by atoms with E-state index in [0.717, 1.165) is 27.3 Å². The molecule has 2 aromatic carbocycles. The second-order valence-corrected chi connectivity index (χ2v) is 9.65. The van der Waals surface area contributed by atoms with Gasteiger partial charge in [0.2, 0.25) is 11.9 Å². The van der Waals surface area contributed by atoms with E-state index < -0.39 is 28.0 Å². The summed E-state index contributed by atoms with van der Waals surface area (Å²) in [5.74, 6) is -1.65. The molecule has 0 atom stereocenters. The van der Waals surface area contributed by atoms with Crippen LogP contribution >= 0.6 is 23.2 Å². The third kappa shape index (κ3) is 4.51. The summed E-state index contributed by atoms with van der Waals surface area (Å²) < 4.78 is 33.3. The van der Waals surface area contributed by atoms with E-state index in [-0.39, 0.29) is 35.4 Å². The number of hydrogen-bond acceptors (Lipinski definition) is 8. The van der Waals surface area contributed by atoms with E-state index in [4.69, 9.17) is 23.2 Å². The molecule has 6 rings (SSSR count). The monoisotopic (exact) mass is 574 g/mol. The van der Waals surface area contributed by atoms with Gasteiger partial charge >= 0.3 is 11.4 Å². The van der Waals surface area contributed by atoms with Crippen molar-refractivity contribution in [3.63, 3.8) is 0 Å². The lowest BCUT2D eigenvalue weighted by atomic mass is 10.2. The van der Waals surface area contributed by atoms with Crippen molar-refractivity contribution in [3.8, 4) is 0 Å². The first kappa shape index (κ1) is 25.0. The van der Waals surface area contributed by atoms with Crippen LogP contribution < -0.4 is 22.0 Å². The van der Waals surface area contributed by atoms with Gasteiger partial charge in [-0.3, -0.25) is 9.25 Å². The highest BCUT2D eigenvalue weighted by Gasteiger charge is 2.21. The Balaban J connectivity index is 1.47. The van der Waals surface area contributed by atoms with E-state index in [1.54, 1.807) is 19.2 Å². The summed E-state index contributed by atoms with van der Waals surface area (Å²) in [6, 6.07) is 5.48. The molecule has 2 N–H and O–H groups in total. The second kappa shape index (κ2) is 9.47. The molecule has 5 aromatic rings. The van der Waals surface area contributed by atoms with Crippen molar-refractivity contribution in [2.45, 2.75) is 19.6 Å². The van der Waals surface area contributed by atoms with Crippen LogP contribution in [0.1, 0.15) is 11.4 Å². The van der Waals surface area contributed by atoms with Crippen LogP contribution in [0.25, 0.3) is 11.0 Å². The van der Waals surface area contributed by atoms with Gasteiger partial charge in [-0.1, -0.05) is 23.2 Å². The van der Waals surface area contributed by atoms with Crippen molar-refractivity contribution in [3.05, 3.63) is 84.6 Å². The minimum absolute atomic E-state index is 0.160. The third-order valence-corrected chi connectivity index (χ3v) is 6.77. The van der Waals surface area contributed by atoms with E-state index in [0.29, 0.717) is 23.7 Å². The molecule has 1 aliphatic heterocycles. The second-order valence-electron chi connectivity index (χ2n) is 8.84. The molecule has 3 aromatic heterocycles. The zero-order valence-electron chi connectivity index (χ0n) is 20.1. The van der Waals surface area contributed by atoms with E-state index >= 15 is 0 Å². The predicted octanol–water partition coefficient (Wildman–Crippen LogP) is 2.73. The fraction of sp³-hybridized carbons (Fsp3) is 0.217. The molecule has 4 heterocycles. The van der Waals surface area contributed by atoms with Gasteiger partial charge in [-0.25, -0.2) is 32.9 Å². The summed E-state index contributed by atoms with van der Waals surface area (Å²) in [5, 5.41) is 10.0. The van der Waals surface area contributed by atoms with Crippen LogP contribution in [0, 0.1) is 11.6 Å². The maximum Gasteiger partial charge on any atom is 0.355 e. The van der Waals surface area contributed by atoms with Crippen LogP contribution in [-0.4, -0.2) is 45.0 Å². The number of halogens is 4. The number of hydrogen-bond donors (Lipinski definition) is 2. The number of benzene rings is 2. The fourth-order valence-electron chi connectivity index (χ4n) is 4.38. The molecule has 200 valence electrons. The molecule has 0 saturated heterocycles. The maximum atomic E-state index is 14.1. The summed E-state index contributed by atoms with van der Waals surface area (Å²) in [4.78, 5) is 39.2. The number of aryl methyl sites for hydroxylation is 1. The summed E-state index contributed by atoms with van der Waals surface area (Å²) >= 11 is 12.3. The van der Waals surface area contributed by atoms with E-state index in [1.807, 2.05) is 4.57 Å². The highest BCUT2D eigenvalue weighted by atomic mass is 35.5. The van der Waals surface area contributed by atoms with Crippen molar-refractivity contribution in [2.24, 2.45) is 7.05 Å². The summed E-state index contributed by atoms with van der Waals surface area (Å²) in [6.07, 6.45) is 1.42. The molecular weight excluding hydrogens is 557 g/mol. The molecule has 16 heteroatoms. The molecule has 0 saturated carbocycles. The Bertz CT molecular complexity index is 1870. The Labute approximate surface area is 227 Å². The predicted molar refractivity (Wildman–Crippen MR) is 140 cm³/mol. The molecule has 0 bridgehead atoms. The first-order valence-corrected chi connectivity index (χ1v) is 12.3. The average Bonchev–Trinajstić information content (AvgIpc) is 3.59. The smallest absolute Gasteiger partial charge is 0.354 e. The summed E-state index contributed by atoms with van der Waals surface area (Å²) in [5.41, 5.74) is 0.281. The number of nitrogens with zero attached hydrogens (tertiary/aromatic N) is 8. The first-order valence-electron chi connectivity index (χ1n) is 11.6. The lowest BCUT2D eigenvalue weighted by molar-refractivity contribution is 0.505. The zero-order valence-corrected chi connectivity index (χ0v) is 21.6. The summed E-state index contributed by atoms with van der Waals surface area (Å²) in [6.45, 7) is 0.869. The lowest BCUT2D eigenvalue weighted by Gasteiger charge is -2.16. The molecule has 0 unspecified atom stereocenters. The quantitative estimate of drug-likeness (QED) is 0.296. The van der Waals surface area contributed by atoms with Crippen molar-refractivity contribution in [1.82, 2.24) is 38.4 Å². The molecule has 0 fully saturated rings. The van der Waals surface area contributed by atoms with Crippen molar-refractivity contribution >= 4 is 51.8 Å². The van der Waals surface area contributed by atoms with Gasteiger partial charge in [0.05, 0.1) is 39.9 Å². The Morgan fingerprint density at radius 1 is 1.05 bits per heavy atom. The van der Waals surface area contributed by atoms with Gasteiger partial charge in [0.1, 0.15) is 6.33 Å². The molecule has 12 nitrogen and oxygen atoms in total. The molecular formula is C23H18Cl2F2N10O2. The van der Waals surface area contributed by atoms with Crippen molar-refractivity contribution in [2.75, 3.05) is 17.2 Å². The van der Waals surface area contributed by atoms with Crippen molar-refractivity contribution < 1.29 is 8.78 Å². The number of imidazole rings is 1. The number of anilines is 3. The van der Waals surface area contributed by atoms with Crippen molar-refractivity contribution in [1.29, 1.82) is 0 Å². The Morgan fingerprint density at radius 2 is 1.87 bits per heavy atom. The largest absolute Gasteiger partial charge is 0.355 e. The fourth-order valence-corrected chi connectivity index (χ4v) is 4.82. The van der Waals surface area contributed by atoms with Gasteiger partial charge in [-0.05, 0) is 29.8 Å². The highest BCUT2D eigenvalue weighted by molar-refractivity contribution is 6.34. The number of nitrogens with one attached hydrogen (secondary N) is 2. The van der Waals surface area contributed by atoms with Gasteiger partial charge in [0.15, 0.2) is 17.5 Å². The number of fused-ring (bicyclic) bond motifs is 3. The van der Waals surface area contributed by atoms with E-state index in [1.165, 1.54) is 17.1 Å². The zero-order chi connectivity index (χ0) is 27.4. The Morgan fingerprint density at radius 3 is 2.62 bits per heavy atom. The van der Waals surface area contributed by atoms with Gasteiger partial charge in [0.25, 0.3) is 0 Å². The molecule has 0 spiro atoms. The van der Waals surface area contributed by atoms with Crippen LogP contribution in [0.5, 0.6) is 0 Å². The lowest BCUT2D eigenvalue weighted by Crippen LogP contribution is -2.43. The number of aromatic nitrogens is 8. The SMILES string of the molecule is Cn1cnc(Cn2c(=O)nc(Nc3cc4c(cc3Cl)nc3n4CCN3)n(Cc3cc(F)c(F)c(Cl)c3)c2=O)n1. The van der Waals surface area contributed by atoms with E-state index in [9.17, 15) is 18.4 Å². The van der Waals surface area contributed by atoms with Gasteiger partial charge in [-0.15, -0.1) is 0 Å². The first-order chi connectivity index (χ1) is 18.7. The Hall–Kier alpha value is -4.30. The van der Waals surface area contributed by atoms with Crippen LogP contribution in [0.15, 0.2) is 40.2 Å². The third-order valence-electron chi connectivity index (χ3n) is 6.18. The van der Waals surface area contributed by atoms with Crippen LogP contribution in [0.3, 0.4) is 0 Å². The maximum absolute atomic E-state index is 14.1. The molecule has 0 amide bonds. The number of rotatable bonds is 6. The molecule has 0 aliphatic carbocycles. The topological polar surface area (TPSA) is 129 Å². The van der Waals surface area contributed by atoms with Gasteiger partial charge in [-0.2, -0.15) is 10.1 Å². The van der Waals surface area contributed by atoms with Crippen LogP contribution in [0.4, 0.5) is 26.4 Å². The highest BCUT2D eigenvalue weighted by Crippen LogP contribution is 2.32. The van der Waals surface area contributed by atoms with E-state index in [2.05, 4.69) is 30.7 Å². The normalized spacial score (nSPS) is 12.6. The van der Waals surface area contributed by atoms with Crippen LogP contribution in [-0.2, 0) is 26.7 Å². The molecule has 0 radical (unpaired) electrons. The molecule has 39 heavy (non-hydrogen) atoms. The Kier molecular flexibility index (Phi) is 6.07. The van der Waals surface area contributed by atoms with Gasteiger partial charge in [0, 0.05) is 20.1 Å². The minimum Gasteiger partial charge on any atom is -0.354 e. The standard InChI is InChI=1S/C23H18Cl2F2N10O2/c1-34-10-29-18(33-34)9-37-22(38)32-21(36(23(37)39)8-11-4-13(25)19(27)14(26)5-11)30-15-7-17-16(6-12(15)24)31-20-28-2-3-35(17)20/h4-7,10H,2-3,8-9H2,1H3,(H,28,31)(H,30,32,38). The van der Waals surface area contributed by atoms with Gasteiger partial charge < -0.3 is 15.2 Å². The minimum atomic E-state index is -1.21. The van der Waals surface area contributed by atoms with Crippen LogP contribution in [0.2, 0.25) is 10.0 Å².